The van der Waals surface area contributed by atoms with Crippen LogP contribution in [0.4, 0.5) is 11.8 Å². The molecule has 0 aromatic carbocycles. The van der Waals surface area contributed by atoms with E-state index in [2.05, 4.69) is 36.8 Å². The number of aromatic amines is 1. The Bertz CT molecular complexity index is 1910. The number of hydrogen-bond donors (Lipinski definition) is 8. The predicted octanol–water partition coefficient (Wildman–Crippen LogP) is -2.35. The highest BCUT2D eigenvalue weighted by Crippen LogP contribution is 2.54. The molecule has 3 aromatic rings. The monoisotopic (exact) mass is 688 g/mol. The van der Waals surface area contributed by atoms with Crippen LogP contribution in [0.25, 0.3) is 16.9 Å². The van der Waals surface area contributed by atoms with E-state index in [9.17, 15) is 33.9 Å². The zero-order chi connectivity index (χ0) is 32.7. The summed E-state index contributed by atoms with van der Waals surface area (Å²) in [5.41, 5.74) is 11.0. The fourth-order valence-corrected chi connectivity index (χ4v) is 7.36. The van der Waals surface area contributed by atoms with Crippen molar-refractivity contribution in [3.05, 3.63) is 35.3 Å². The van der Waals surface area contributed by atoms with E-state index in [0.29, 0.717) is 0 Å². The van der Waals surface area contributed by atoms with E-state index < -0.39 is 83.5 Å². The molecule has 3 aromatic heterocycles. The second-order valence-corrected chi connectivity index (χ2v) is 13.3. The molecule has 7 heterocycles. The van der Waals surface area contributed by atoms with Crippen molar-refractivity contribution >= 4 is 50.2 Å². The Kier molecular flexibility index (Phi) is 7.43. The molecule has 0 spiro atoms. The first-order valence-electron chi connectivity index (χ1n) is 13.3. The minimum Gasteiger partial charge on any atom is -0.387 e. The summed E-state index contributed by atoms with van der Waals surface area (Å²) < 4.78 is 61.2. The van der Waals surface area contributed by atoms with Gasteiger partial charge < -0.3 is 46.3 Å². The maximum atomic E-state index is 13.2. The molecule has 10 atom stereocenters. The van der Waals surface area contributed by atoms with Crippen molar-refractivity contribution in [1.29, 1.82) is 0 Å². The third kappa shape index (κ3) is 5.35. The Labute approximate surface area is 255 Å². The number of nitrogens with one attached hydrogen (secondary N) is 2. The fourth-order valence-electron chi connectivity index (χ4n) is 5.46. The first-order valence-corrected chi connectivity index (χ1v) is 16.3. The van der Waals surface area contributed by atoms with Crippen LogP contribution in [0.5, 0.6) is 0 Å². The number of phosphoric ester groups is 2. The molecule has 0 saturated carbocycles. The van der Waals surface area contributed by atoms with Gasteiger partial charge in [0.25, 0.3) is 5.56 Å². The van der Waals surface area contributed by atoms with Crippen LogP contribution in [0.15, 0.2) is 29.0 Å². The van der Waals surface area contributed by atoms with Crippen LogP contribution >= 0.6 is 15.6 Å². The molecule has 25 heteroatoms. The number of nitrogen functional groups attached to an aromatic ring is 1. The summed E-state index contributed by atoms with van der Waals surface area (Å²) in [5, 5.41) is 24.9. The fraction of sp³-hybridized carbons (Fsp3) is 0.476. The van der Waals surface area contributed by atoms with Crippen molar-refractivity contribution in [3.8, 4) is 0 Å². The summed E-state index contributed by atoms with van der Waals surface area (Å²) in [5.74, 6) is -0.217. The van der Waals surface area contributed by atoms with Crippen LogP contribution in [-0.2, 0) is 36.7 Å². The third-order valence-electron chi connectivity index (χ3n) is 7.49. The number of aliphatic hydroxyl groups is 2. The van der Waals surface area contributed by atoms with Crippen molar-refractivity contribution in [1.82, 2.24) is 34.4 Å². The molecule has 0 amide bonds. The highest BCUT2D eigenvalue weighted by molar-refractivity contribution is 7.47. The molecular weight excluding hydrogens is 662 g/mol. The van der Waals surface area contributed by atoms with Crippen LogP contribution in [-0.4, -0.2) is 105 Å². The van der Waals surface area contributed by atoms with Gasteiger partial charge in [-0.25, -0.2) is 19.1 Å². The van der Waals surface area contributed by atoms with Gasteiger partial charge in [0.2, 0.25) is 5.95 Å². The maximum Gasteiger partial charge on any atom is 0.472 e. The number of phosphoric acid groups is 2. The minimum absolute atomic E-state index is 0.0480. The van der Waals surface area contributed by atoms with Crippen molar-refractivity contribution in [2.45, 2.75) is 49.1 Å². The van der Waals surface area contributed by atoms with E-state index in [4.69, 9.17) is 39.0 Å². The minimum atomic E-state index is -5.11. The molecule has 0 radical (unpaired) electrons. The zero-order valence-electron chi connectivity index (χ0n) is 23.1. The number of imidazole rings is 2. The topological polar surface area (TPSA) is 328 Å². The number of anilines is 1. The number of guanidine groups is 1. The van der Waals surface area contributed by atoms with Crippen molar-refractivity contribution < 1.29 is 56.7 Å². The summed E-state index contributed by atoms with van der Waals surface area (Å²) in [7, 11) is -10.2. The predicted molar refractivity (Wildman–Crippen MR) is 149 cm³/mol. The molecule has 4 aliphatic rings. The van der Waals surface area contributed by atoms with Crippen molar-refractivity contribution in [2.75, 3.05) is 18.9 Å². The molecule has 23 nitrogen and oxygen atoms in total. The molecule has 3 saturated heterocycles. The van der Waals surface area contributed by atoms with Gasteiger partial charge in [0.15, 0.2) is 35.4 Å². The quantitative estimate of drug-likeness (QED) is 0.131. The number of rotatable bonds is 2. The van der Waals surface area contributed by atoms with E-state index in [1.807, 2.05) is 0 Å². The first-order chi connectivity index (χ1) is 21.7. The van der Waals surface area contributed by atoms with Gasteiger partial charge in [-0.05, 0) is 0 Å². The summed E-state index contributed by atoms with van der Waals surface area (Å²) >= 11 is 0. The maximum absolute atomic E-state index is 13.2. The normalized spacial score (nSPS) is 38.3. The van der Waals surface area contributed by atoms with Crippen LogP contribution < -0.4 is 22.3 Å². The van der Waals surface area contributed by atoms with Gasteiger partial charge in [-0.1, -0.05) is 6.58 Å². The van der Waals surface area contributed by atoms with Gasteiger partial charge in [0, 0.05) is 0 Å². The summed E-state index contributed by atoms with van der Waals surface area (Å²) in [6, 6.07) is 0. The number of nitrogens with zero attached hydrogens (tertiary/aromatic N) is 6. The van der Waals surface area contributed by atoms with Crippen LogP contribution in [0.2, 0.25) is 0 Å². The van der Waals surface area contributed by atoms with Gasteiger partial charge in [0.05, 0.1) is 31.6 Å². The van der Waals surface area contributed by atoms with E-state index in [1.54, 1.807) is 0 Å². The van der Waals surface area contributed by atoms with Crippen molar-refractivity contribution in [2.24, 2.45) is 10.7 Å². The lowest BCUT2D eigenvalue weighted by molar-refractivity contribution is -0.0677. The van der Waals surface area contributed by atoms with Crippen LogP contribution in [0.1, 0.15) is 18.1 Å². The Morgan fingerprint density at radius 2 is 1.59 bits per heavy atom. The molecular formula is C21H26N10O13P2. The van der Waals surface area contributed by atoms with Crippen molar-refractivity contribution in [3.63, 3.8) is 0 Å². The standard InChI is InChI=1S/C21H26N10O13P2/c1-6-9-15(27-20(22)26-6)31(4-24-9)19-14-11(32)7(41-19)2-39-45(35,36)43-13-8(3-40-46(37,38)44-14)42-18(12(13)33)30-5-25-10-16(30)28-21(23)29-17(10)34/h4-5,7-8,11-14,18-19,32-33H,1-3H2,(H,35,36)(H,37,38)(H3,22,26,27)(H3,23,28,29,34). The second kappa shape index (κ2) is 11.0. The average molecular weight is 688 g/mol. The summed E-state index contributed by atoms with van der Waals surface area (Å²) in [6.07, 6.45) is -10.4. The molecule has 248 valence electrons. The molecule has 10 N–H and O–H groups in total. The Balaban J connectivity index is 1.20. The number of ether oxygens (including phenoxy) is 2. The number of aliphatic imine (C=N–C) groups is 1. The number of aromatic nitrogens is 6. The van der Waals surface area contributed by atoms with E-state index in [0.717, 1.165) is 10.9 Å². The molecule has 0 aliphatic carbocycles. The van der Waals surface area contributed by atoms with Gasteiger partial charge >= 0.3 is 15.6 Å². The Morgan fingerprint density at radius 3 is 2.33 bits per heavy atom. The number of H-pyrrole nitrogens is 1. The molecule has 7 rings (SSSR count). The summed E-state index contributed by atoms with van der Waals surface area (Å²) in [4.78, 5) is 52.1. The smallest absolute Gasteiger partial charge is 0.387 e. The lowest BCUT2D eigenvalue weighted by Crippen LogP contribution is -2.36. The Morgan fingerprint density at radius 1 is 0.935 bits per heavy atom. The lowest BCUT2D eigenvalue weighted by atomic mass is 10.1. The highest BCUT2D eigenvalue weighted by Gasteiger charge is 2.54. The molecule has 3 fully saturated rings. The molecule has 46 heavy (non-hydrogen) atoms. The number of fused-ring (bicyclic) bond motifs is 5. The summed E-state index contributed by atoms with van der Waals surface area (Å²) in [6.45, 7) is 2.14. The molecule has 4 aliphatic heterocycles. The van der Waals surface area contributed by atoms with E-state index in [1.165, 1.54) is 10.9 Å². The number of hydrogen-bond acceptors (Lipinski definition) is 18. The second-order valence-electron chi connectivity index (χ2n) is 10.5. The number of aliphatic hydroxyl groups excluding tert-OH is 2. The largest absolute Gasteiger partial charge is 0.472 e. The van der Waals surface area contributed by atoms with Gasteiger partial charge in [-0.15, -0.1) is 0 Å². The van der Waals surface area contributed by atoms with Crippen LogP contribution in [0.3, 0.4) is 0 Å². The van der Waals surface area contributed by atoms with Crippen LogP contribution in [0, 0.1) is 0 Å². The van der Waals surface area contributed by atoms with Gasteiger partial charge in [-0.3, -0.25) is 37.0 Å². The van der Waals surface area contributed by atoms with Gasteiger partial charge in [0.1, 0.15) is 42.3 Å². The highest BCUT2D eigenvalue weighted by atomic mass is 31.2. The van der Waals surface area contributed by atoms with E-state index in [-0.39, 0.29) is 40.3 Å². The number of nitrogens with two attached hydrogens (primary N) is 2. The van der Waals surface area contributed by atoms with E-state index >= 15 is 0 Å². The first kappa shape index (κ1) is 31.1. The molecule has 10 unspecified atom stereocenters. The zero-order valence-corrected chi connectivity index (χ0v) is 24.9. The SMILES string of the molecule is C=C1NC(N)=Nc2c1ncn2C1OC2COP(=O)(O)OC3C(COP(=O)(O)OC1C2O)OC(n1cnc2c(=O)[nH]c(N)nc21)C3O. The third-order valence-corrected chi connectivity index (χ3v) is 9.46. The average Bonchev–Trinajstić information content (AvgIpc) is 3.72. The lowest BCUT2D eigenvalue weighted by Gasteiger charge is -2.26. The van der Waals surface area contributed by atoms with Gasteiger partial charge in [-0.2, -0.15) is 9.98 Å². The molecule has 2 bridgehead atoms. The Hall–Kier alpha value is -3.57.